The summed E-state index contributed by atoms with van der Waals surface area (Å²) in [7, 11) is 3.69. The molecule has 0 bridgehead atoms. The van der Waals surface area contributed by atoms with Gasteiger partial charge in [0.2, 0.25) is 0 Å². The van der Waals surface area contributed by atoms with Gasteiger partial charge in [-0.3, -0.25) is 0 Å². The Morgan fingerprint density at radius 1 is 1.43 bits per heavy atom. The smallest absolute Gasteiger partial charge is 0.0229 e. The topological polar surface area (TPSA) is 0 Å². The van der Waals surface area contributed by atoms with Crippen molar-refractivity contribution in [1.29, 1.82) is 0 Å². The van der Waals surface area contributed by atoms with Crippen molar-refractivity contribution < 1.29 is 0 Å². The Kier molecular flexibility index (Phi) is 13.4. The van der Waals surface area contributed by atoms with Gasteiger partial charge in [0.05, 0.1) is 0 Å². The maximum Gasteiger partial charge on any atom is 0.0229 e. The van der Waals surface area contributed by atoms with Crippen molar-refractivity contribution in [3.05, 3.63) is 11.5 Å². The van der Waals surface area contributed by atoms with E-state index in [1.54, 1.807) is 0 Å². The van der Waals surface area contributed by atoms with Gasteiger partial charge >= 0.3 is 0 Å². The van der Waals surface area contributed by atoms with E-state index in [4.69, 9.17) is 0 Å². The van der Waals surface area contributed by atoms with Crippen LogP contribution in [0.25, 0.3) is 0 Å². The van der Waals surface area contributed by atoms with Crippen LogP contribution in [0.5, 0.6) is 0 Å². The quantitative estimate of drug-likeness (QED) is 0.426. The fourth-order valence-corrected chi connectivity index (χ4v) is 1.77. The largest absolute Gasteiger partial charge is 0.0854 e. The van der Waals surface area contributed by atoms with Crippen LogP contribution in [0.3, 0.4) is 0 Å². The summed E-state index contributed by atoms with van der Waals surface area (Å²) >= 11 is 0. The first kappa shape index (κ1) is 11.8. The van der Waals surface area contributed by atoms with E-state index in [2.05, 4.69) is 11.5 Å². The minimum atomic E-state index is 0. The van der Waals surface area contributed by atoms with Crippen molar-refractivity contribution >= 4 is 69.1 Å². The molecule has 0 nitrogen and oxygen atoms in total. The summed E-state index contributed by atoms with van der Waals surface area (Å²) in [6.45, 7) is 0. The summed E-state index contributed by atoms with van der Waals surface area (Å²) in [4.78, 5) is 0. The molecule has 1 rings (SSSR count). The van der Waals surface area contributed by atoms with E-state index in [9.17, 15) is 0 Å². The minimum Gasteiger partial charge on any atom is -0.0854 e. The molecule has 0 aromatic rings. The van der Waals surface area contributed by atoms with Crippen molar-refractivity contribution in [3.63, 3.8) is 0 Å². The number of hydrogen-bond donors (Lipinski definition) is 0. The van der Waals surface area contributed by atoms with Gasteiger partial charge in [-0.25, -0.2) is 0 Å². The summed E-state index contributed by atoms with van der Waals surface area (Å²) < 4.78 is 0. The van der Waals surface area contributed by atoms with Crippen LogP contribution in [0.4, 0.5) is 0 Å². The minimum absolute atomic E-state index is 0. The molecule has 0 aromatic carbocycles. The Morgan fingerprint density at radius 3 is 2.29 bits per heavy atom. The van der Waals surface area contributed by atoms with E-state index >= 15 is 0 Å². The van der Waals surface area contributed by atoms with Gasteiger partial charge in [-0.1, -0.05) is 27.7 Å². The molecule has 0 atom stereocenters. The fraction of sp³-hybridized carbons (Fsp3) is 0.333. The molecule has 0 amide bonds. The molecule has 0 saturated carbocycles. The molecule has 4 radical (unpaired) electrons. The fourth-order valence-electron chi connectivity index (χ4n) is 0.196. The van der Waals surface area contributed by atoms with Crippen molar-refractivity contribution in [3.8, 4) is 0 Å². The van der Waals surface area contributed by atoms with Gasteiger partial charge in [-0.05, 0) is 5.41 Å². The monoisotopic (exact) mass is 202 g/mol. The molecule has 0 fully saturated rings. The molecule has 0 N–H and O–H groups in total. The maximum atomic E-state index is 2.16. The standard InChI is InChI=1S/C3H4S2.As.Na/c1-2-4-5-3-1;;/h1-2H,3H2;;. The molecule has 4 heteroatoms. The average molecular weight is 202 g/mol. The molecule has 1 aliphatic heterocycles. The predicted molar refractivity (Wildman–Crippen MR) is 40.7 cm³/mol. The first-order valence-corrected chi connectivity index (χ1v) is 3.81. The number of rotatable bonds is 0. The van der Waals surface area contributed by atoms with Crippen LogP contribution in [0, 0.1) is 0 Å². The molecule has 0 unspecified atom stereocenters. The van der Waals surface area contributed by atoms with Crippen molar-refractivity contribution in [1.82, 2.24) is 0 Å². The normalized spacial score (nSPS) is 14.9. The van der Waals surface area contributed by atoms with Crippen LogP contribution in [0.2, 0.25) is 0 Å². The van der Waals surface area contributed by atoms with Crippen molar-refractivity contribution in [2.24, 2.45) is 0 Å². The molecule has 1 aliphatic rings. The molecule has 7 heavy (non-hydrogen) atoms. The molecular weight excluding hydrogens is 198 g/mol. The van der Waals surface area contributed by atoms with Crippen LogP contribution in [0.1, 0.15) is 0 Å². The Morgan fingerprint density at radius 2 is 2.14 bits per heavy atom. The van der Waals surface area contributed by atoms with Gasteiger partial charge < -0.3 is 0 Å². The molecule has 0 aromatic heterocycles. The second-order valence-electron chi connectivity index (χ2n) is 0.753. The van der Waals surface area contributed by atoms with Crippen molar-refractivity contribution in [2.75, 3.05) is 5.75 Å². The summed E-state index contributed by atoms with van der Waals surface area (Å²) in [5.41, 5.74) is 0. The van der Waals surface area contributed by atoms with Gasteiger partial charge in [-0.2, -0.15) is 0 Å². The Balaban J connectivity index is 0. The van der Waals surface area contributed by atoms with Gasteiger partial charge in [0.15, 0.2) is 0 Å². The Hall–Kier alpha value is 2.00. The van der Waals surface area contributed by atoms with Crippen LogP contribution in [-0.4, -0.2) is 53.3 Å². The molecule has 0 aliphatic carbocycles. The SMILES string of the molecule is C1=CSSC1.[As].[Na]. The molecule has 0 spiro atoms. The van der Waals surface area contributed by atoms with E-state index in [0.29, 0.717) is 0 Å². The van der Waals surface area contributed by atoms with E-state index in [1.807, 2.05) is 21.6 Å². The van der Waals surface area contributed by atoms with Gasteiger partial charge in [0, 0.05) is 53.3 Å². The van der Waals surface area contributed by atoms with Gasteiger partial charge in [-0.15, -0.1) is 0 Å². The maximum absolute atomic E-state index is 2.16. The van der Waals surface area contributed by atoms with Gasteiger partial charge in [0.1, 0.15) is 0 Å². The zero-order chi connectivity index (χ0) is 3.54. The Labute approximate surface area is 85.3 Å². The summed E-state index contributed by atoms with van der Waals surface area (Å²) in [6, 6.07) is 0. The van der Waals surface area contributed by atoms with Crippen LogP contribution < -0.4 is 0 Å². The zero-order valence-electron chi connectivity index (χ0n) is 4.13. The van der Waals surface area contributed by atoms with Crippen LogP contribution in [-0.2, 0) is 0 Å². The molecule has 0 saturated heterocycles. The second kappa shape index (κ2) is 8.00. The van der Waals surface area contributed by atoms with E-state index in [-0.39, 0.29) is 47.5 Å². The van der Waals surface area contributed by atoms with Crippen molar-refractivity contribution in [2.45, 2.75) is 0 Å². The second-order valence-corrected chi connectivity index (χ2v) is 3.07. The van der Waals surface area contributed by atoms with E-state index in [0.717, 1.165) is 0 Å². The first-order chi connectivity index (χ1) is 2.50. The van der Waals surface area contributed by atoms with Crippen LogP contribution >= 0.6 is 21.6 Å². The van der Waals surface area contributed by atoms with Crippen LogP contribution in [0.15, 0.2) is 11.5 Å². The van der Waals surface area contributed by atoms with E-state index < -0.39 is 0 Å². The van der Waals surface area contributed by atoms with Gasteiger partial charge in [0.25, 0.3) is 0 Å². The summed E-state index contributed by atoms with van der Waals surface area (Å²) in [5.74, 6) is 1.20. The predicted octanol–water partition coefficient (Wildman–Crippen LogP) is 1.13. The number of hydrogen-bond acceptors (Lipinski definition) is 2. The zero-order valence-corrected chi connectivity index (χ0v) is 9.64. The third-order valence-corrected chi connectivity index (χ3v) is 2.30. The summed E-state index contributed by atoms with van der Waals surface area (Å²) in [6.07, 6.45) is 2.16. The average Bonchev–Trinajstić information content (AvgIpc) is 1.76. The first-order valence-electron chi connectivity index (χ1n) is 1.43. The summed E-state index contributed by atoms with van der Waals surface area (Å²) in [5, 5.41) is 2.12. The Bertz CT molecular complexity index is 50.9. The third-order valence-electron chi connectivity index (χ3n) is 0.384. The molecule has 1 heterocycles. The van der Waals surface area contributed by atoms with E-state index in [1.165, 1.54) is 5.75 Å². The third kappa shape index (κ3) is 5.88. The molecule has 34 valence electrons. The molecular formula is C3H4AsNaS2.